The predicted molar refractivity (Wildman–Crippen MR) is 132 cm³/mol. The van der Waals surface area contributed by atoms with E-state index in [2.05, 4.69) is 46.9 Å². The van der Waals surface area contributed by atoms with E-state index in [1.807, 2.05) is 42.5 Å². The number of carbonyl (C=O) groups is 1. The minimum absolute atomic E-state index is 0. The number of amides is 1. The molecule has 0 aliphatic heterocycles. The van der Waals surface area contributed by atoms with E-state index < -0.39 is 0 Å². The molecule has 29 heavy (non-hydrogen) atoms. The lowest BCUT2D eigenvalue weighted by Crippen LogP contribution is -2.43. The highest BCUT2D eigenvalue weighted by molar-refractivity contribution is 14.0. The van der Waals surface area contributed by atoms with Gasteiger partial charge in [0.2, 0.25) is 5.91 Å². The summed E-state index contributed by atoms with van der Waals surface area (Å²) in [6, 6.07) is 12.1. The molecule has 160 valence electrons. The van der Waals surface area contributed by atoms with Crippen LogP contribution in [0.15, 0.2) is 41.4 Å². The summed E-state index contributed by atoms with van der Waals surface area (Å²) in [5.41, 5.74) is 1.02. The number of hydrogen-bond donors (Lipinski definition) is 3. The lowest BCUT2D eigenvalue weighted by molar-refractivity contribution is -0.119. The molecule has 1 unspecified atom stereocenters. The van der Waals surface area contributed by atoms with Gasteiger partial charge in [0.05, 0.1) is 7.11 Å². The third-order valence-electron chi connectivity index (χ3n) is 4.06. The minimum Gasteiger partial charge on any atom is -0.497 e. The average Bonchev–Trinajstić information content (AvgIpc) is 3.09. The van der Waals surface area contributed by atoms with Gasteiger partial charge in [-0.1, -0.05) is 12.1 Å². The molecule has 0 spiro atoms. The number of thiophene rings is 1. The first-order valence-electron chi connectivity index (χ1n) is 9.50. The van der Waals surface area contributed by atoms with Crippen LogP contribution in [0.1, 0.15) is 29.2 Å². The number of guanidine groups is 1. The number of halogens is 1. The lowest BCUT2D eigenvalue weighted by atomic mass is 10.2. The molecule has 6 nitrogen and oxygen atoms in total. The number of hydrogen-bond acceptors (Lipinski definition) is 4. The molecule has 0 fully saturated rings. The van der Waals surface area contributed by atoms with Crippen molar-refractivity contribution in [2.24, 2.45) is 4.99 Å². The number of carbonyl (C=O) groups excluding carboxylic acids is 1. The molecule has 0 radical (unpaired) electrons. The summed E-state index contributed by atoms with van der Waals surface area (Å²) in [6.45, 7) is 7.53. The van der Waals surface area contributed by atoms with Crippen molar-refractivity contribution in [1.29, 1.82) is 0 Å². The second kappa shape index (κ2) is 13.4. The molecule has 2 aromatic rings. The Hall–Kier alpha value is -1.81. The highest BCUT2D eigenvalue weighted by atomic mass is 127. The minimum atomic E-state index is -0.116. The maximum absolute atomic E-state index is 12.1. The van der Waals surface area contributed by atoms with Gasteiger partial charge in [-0.25, -0.2) is 4.99 Å². The van der Waals surface area contributed by atoms with Crippen LogP contribution >= 0.6 is 35.3 Å². The first kappa shape index (κ1) is 25.2. The van der Waals surface area contributed by atoms with E-state index in [1.165, 1.54) is 9.75 Å². The molecule has 0 saturated heterocycles. The van der Waals surface area contributed by atoms with Gasteiger partial charge < -0.3 is 20.7 Å². The van der Waals surface area contributed by atoms with E-state index in [0.717, 1.165) is 24.3 Å². The van der Waals surface area contributed by atoms with E-state index in [9.17, 15) is 4.79 Å². The van der Waals surface area contributed by atoms with Gasteiger partial charge in [0.25, 0.3) is 0 Å². The Morgan fingerprint density at radius 3 is 2.48 bits per heavy atom. The highest BCUT2D eigenvalue weighted by Gasteiger charge is 2.09. The Balaban J connectivity index is 0.00000420. The third-order valence-corrected chi connectivity index (χ3v) is 5.08. The zero-order valence-electron chi connectivity index (χ0n) is 17.5. The Morgan fingerprint density at radius 1 is 1.17 bits per heavy atom. The second-order valence-corrected chi connectivity index (χ2v) is 7.95. The summed E-state index contributed by atoms with van der Waals surface area (Å²) in [5.74, 6) is 1.34. The van der Waals surface area contributed by atoms with Crippen molar-refractivity contribution >= 4 is 47.2 Å². The lowest BCUT2D eigenvalue weighted by Gasteiger charge is -2.17. The number of aryl methyl sites for hydroxylation is 1. The standard InChI is InChI=1S/C21H30N4O2S.HI/c1-5-22-21(25-15(2)12-19-11-6-16(3)28-19)24-14-20(26)23-13-17-7-9-18(27-4)10-8-17;/h6-11,15H,5,12-14H2,1-4H3,(H,23,26)(H2,22,24,25);1H. The number of nitrogens with one attached hydrogen (secondary N) is 3. The van der Waals surface area contributed by atoms with Gasteiger partial charge in [-0.05, 0) is 50.6 Å². The number of nitrogens with zero attached hydrogens (tertiary/aromatic N) is 1. The molecule has 1 heterocycles. The van der Waals surface area contributed by atoms with Crippen LogP contribution in [0, 0.1) is 6.92 Å². The molecule has 0 aliphatic carbocycles. The van der Waals surface area contributed by atoms with Crippen molar-refractivity contribution in [2.75, 3.05) is 20.2 Å². The molecule has 1 amide bonds. The van der Waals surface area contributed by atoms with E-state index in [-0.39, 0.29) is 42.5 Å². The number of benzene rings is 1. The quantitative estimate of drug-likeness (QED) is 0.264. The zero-order valence-corrected chi connectivity index (χ0v) is 20.6. The predicted octanol–water partition coefficient (Wildman–Crippen LogP) is 3.49. The number of aliphatic imine (C=N–C) groups is 1. The largest absolute Gasteiger partial charge is 0.497 e. The molecule has 1 atom stereocenters. The van der Waals surface area contributed by atoms with Crippen LogP contribution in [0.3, 0.4) is 0 Å². The van der Waals surface area contributed by atoms with Crippen LogP contribution in [0.5, 0.6) is 5.75 Å². The van der Waals surface area contributed by atoms with Crippen molar-refractivity contribution < 1.29 is 9.53 Å². The Morgan fingerprint density at radius 2 is 1.90 bits per heavy atom. The number of ether oxygens (including phenoxy) is 1. The van der Waals surface area contributed by atoms with Gasteiger partial charge in [-0.15, -0.1) is 35.3 Å². The topological polar surface area (TPSA) is 74.8 Å². The van der Waals surface area contributed by atoms with Crippen molar-refractivity contribution in [2.45, 2.75) is 39.8 Å². The fourth-order valence-corrected chi connectivity index (χ4v) is 3.67. The first-order chi connectivity index (χ1) is 13.5. The smallest absolute Gasteiger partial charge is 0.242 e. The van der Waals surface area contributed by atoms with Crippen LogP contribution in [-0.2, 0) is 17.8 Å². The summed E-state index contributed by atoms with van der Waals surface area (Å²) in [7, 11) is 1.63. The Bertz CT molecular complexity index is 777. The van der Waals surface area contributed by atoms with Gasteiger partial charge in [0.15, 0.2) is 5.96 Å². The summed E-state index contributed by atoms with van der Waals surface area (Å²) in [4.78, 5) is 19.2. The van der Waals surface area contributed by atoms with Crippen molar-refractivity contribution in [3.05, 3.63) is 51.7 Å². The van der Waals surface area contributed by atoms with Crippen molar-refractivity contribution in [3.63, 3.8) is 0 Å². The number of rotatable bonds is 9. The molecule has 0 bridgehead atoms. The molecular formula is C21H31IN4O2S. The summed E-state index contributed by atoms with van der Waals surface area (Å²) < 4.78 is 5.13. The molecular weight excluding hydrogens is 499 g/mol. The summed E-state index contributed by atoms with van der Waals surface area (Å²) in [6.07, 6.45) is 0.923. The molecule has 2 rings (SSSR count). The second-order valence-electron chi connectivity index (χ2n) is 6.58. The maximum Gasteiger partial charge on any atom is 0.242 e. The van der Waals surface area contributed by atoms with E-state index >= 15 is 0 Å². The van der Waals surface area contributed by atoms with Gasteiger partial charge >= 0.3 is 0 Å². The van der Waals surface area contributed by atoms with Crippen molar-refractivity contribution in [1.82, 2.24) is 16.0 Å². The molecule has 0 aliphatic rings. The fourth-order valence-electron chi connectivity index (χ4n) is 2.65. The average molecular weight is 530 g/mol. The molecule has 1 aromatic heterocycles. The normalized spacial score (nSPS) is 11.9. The van der Waals surface area contributed by atoms with E-state index in [1.54, 1.807) is 7.11 Å². The van der Waals surface area contributed by atoms with Crippen LogP contribution in [-0.4, -0.2) is 38.1 Å². The molecule has 0 saturated carbocycles. The monoisotopic (exact) mass is 530 g/mol. The van der Waals surface area contributed by atoms with Crippen LogP contribution in [0.2, 0.25) is 0 Å². The van der Waals surface area contributed by atoms with E-state index in [0.29, 0.717) is 12.5 Å². The SMILES string of the molecule is CCNC(=NCC(=O)NCc1ccc(OC)cc1)NC(C)Cc1ccc(C)s1.I. The highest BCUT2D eigenvalue weighted by Crippen LogP contribution is 2.16. The van der Waals surface area contributed by atoms with Gasteiger partial charge in [0.1, 0.15) is 12.3 Å². The molecule has 8 heteroatoms. The molecule has 3 N–H and O–H groups in total. The number of methoxy groups -OCH3 is 1. The zero-order chi connectivity index (χ0) is 20.4. The van der Waals surface area contributed by atoms with Crippen LogP contribution < -0.4 is 20.7 Å². The Labute approximate surface area is 194 Å². The fraction of sp³-hybridized carbons (Fsp3) is 0.429. The van der Waals surface area contributed by atoms with Gasteiger partial charge in [0, 0.05) is 35.3 Å². The van der Waals surface area contributed by atoms with Gasteiger partial charge in [-0.2, -0.15) is 0 Å². The maximum atomic E-state index is 12.1. The first-order valence-corrected chi connectivity index (χ1v) is 10.3. The molecule has 1 aromatic carbocycles. The van der Waals surface area contributed by atoms with Gasteiger partial charge in [-0.3, -0.25) is 4.79 Å². The van der Waals surface area contributed by atoms with Crippen LogP contribution in [0.25, 0.3) is 0 Å². The van der Waals surface area contributed by atoms with Crippen molar-refractivity contribution in [3.8, 4) is 5.75 Å². The third kappa shape index (κ3) is 9.49. The summed E-state index contributed by atoms with van der Waals surface area (Å²) >= 11 is 1.81. The van der Waals surface area contributed by atoms with Crippen LogP contribution in [0.4, 0.5) is 0 Å². The summed E-state index contributed by atoms with van der Waals surface area (Å²) in [5, 5.41) is 9.45. The van der Waals surface area contributed by atoms with E-state index in [4.69, 9.17) is 4.74 Å². The Kier molecular flexibility index (Phi) is 11.7.